The second-order valence-corrected chi connectivity index (χ2v) is 7.01. The van der Waals surface area contributed by atoms with Gasteiger partial charge in [-0.05, 0) is 6.92 Å². The third kappa shape index (κ3) is 6.22. The Morgan fingerprint density at radius 3 is 2.69 bits per heavy atom. The zero-order valence-electron chi connectivity index (χ0n) is 16.5. The largest absolute Gasteiger partial charge is 0.357 e. The molecule has 29 heavy (non-hydrogen) atoms. The molecule has 0 aromatic carbocycles. The average Bonchev–Trinajstić information content (AvgIpc) is 3.37. The standard InChI is InChI=1S/C16H25N9O2S.HI/c1-3-14-20-16(28-21-14)23-9-7-22(8-10-23)15(17-4-2)18-5-6-24-12-13(11-19-24)25(26)27;/h11-12H,3-10H2,1-2H3,(H,17,18);1H. The Hall–Kier alpha value is -2.03. The number of aliphatic imine (C=N–C) groups is 1. The Labute approximate surface area is 190 Å². The number of aromatic nitrogens is 4. The van der Waals surface area contributed by atoms with Gasteiger partial charge < -0.3 is 15.1 Å². The minimum absolute atomic E-state index is 0. The van der Waals surface area contributed by atoms with Gasteiger partial charge in [0.15, 0.2) is 5.96 Å². The number of piperazine rings is 1. The van der Waals surface area contributed by atoms with E-state index in [9.17, 15) is 10.1 Å². The van der Waals surface area contributed by atoms with Crippen molar-refractivity contribution in [3.8, 4) is 0 Å². The van der Waals surface area contributed by atoms with Gasteiger partial charge in [0.1, 0.15) is 18.2 Å². The van der Waals surface area contributed by atoms with Crippen molar-refractivity contribution >= 4 is 52.3 Å². The lowest BCUT2D eigenvalue weighted by molar-refractivity contribution is -0.385. The smallest absolute Gasteiger partial charge is 0.306 e. The van der Waals surface area contributed by atoms with E-state index >= 15 is 0 Å². The normalized spacial score (nSPS) is 14.6. The Kier molecular flexibility index (Phi) is 9.00. The van der Waals surface area contributed by atoms with Crippen LogP contribution in [0.2, 0.25) is 0 Å². The van der Waals surface area contributed by atoms with Gasteiger partial charge in [0.2, 0.25) is 5.13 Å². The number of nitro groups is 1. The lowest BCUT2D eigenvalue weighted by Gasteiger charge is -2.36. The minimum Gasteiger partial charge on any atom is -0.357 e. The fourth-order valence-corrected chi connectivity index (χ4v) is 3.68. The Balaban J connectivity index is 0.00000300. The molecule has 2 aromatic rings. The zero-order valence-corrected chi connectivity index (χ0v) is 19.7. The summed E-state index contributed by atoms with van der Waals surface area (Å²) in [4.78, 5) is 24.0. The van der Waals surface area contributed by atoms with E-state index < -0.39 is 4.92 Å². The van der Waals surface area contributed by atoms with Crippen LogP contribution in [-0.4, -0.2) is 74.2 Å². The molecular weight excluding hydrogens is 509 g/mol. The molecule has 1 aliphatic heterocycles. The molecule has 3 heterocycles. The maximum Gasteiger partial charge on any atom is 0.306 e. The first-order chi connectivity index (χ1) is 13.6. The van der Waals surface area contributed by atoms with Gasteiger partial charge in [-0.3, -0.25) is 19.8 Å². The van der Waals surface area contributed by atoms with E-state index in [1.165, 1.54) is 23.9 Å². The fourth-order valence-electron chi connectivity index (χ4n) is 2.88. The molecule has 0 saturated carbocycles. The van der Waals surface area contributed by atoms with Gasteiger partial charge in [0, 0.05) is 50.7 Å². The lowest BCUT2D eigenvalue weighted by Crippen LogP contribution is -2.52. The van der Waals surface area contributed by atoms with Crippen LogP contribution in [0.15, 0.2) is 17.4 Å². The summed E-state index contributed by atoms with van der Waals surface area (Å²) in [6, 6.07) is 0. The molecule has 0 atom stereocenters. The molecule has 1 N–H and O–H groups in total. The van der Waals surface area contributed by atoms with E-state index in [0.717, 1.165) is 56.1 Å². The molecule has 0 unspecified atom stereocenters. The molecule has 0 radical (unpaired) electrons. The SMILES string of the molecule is CCNC(=NCCn1cc([N+](=O)[O-])cn1)N1CCN(c2nc(CC)ns2)CC1.I. The highest BCUT2D eigenvalue weighted by atomic mass is 127. The van der Waals surface area contributed by atoms with Crippen LogP contribution in [0.3, 0.4) is 0 Å². The van der Waals surface area contributed by atoms with Crippen LogP contribution in [0.1, 0.15) is 19.7 Å². The Morgan fingerprint density at radius 1 is 1.34 bits per heavy atom. The van der Waals surface area contributed by atoms with Crippen molar-refractivity contribution in [3.63, 3.8) is 0 Å². The van der Waals surface area contributed by atoms with Gasteiger partial charge in [-0.1, -0.05) is 6.92 Å². The summed E-state index contributed by atoms with van der Waals surface area (Å²) in [5.74, 6) is 1.76. The topological polar surface area (TPSA) is 118 Å². The number of nitrogens with zero attached hydrogens (tertiary/aromatic N) is 8. The average molecular weight is 535 g/mol. The summed E-state index contributed by atoms with van der Waals surface area (Å²) in [6.45, 7) is 9.30. The quantitative estimate of drug-likeness (QED) is 0.187. The van der Waals surface area contributed by atoms with Crippen molar-refractivity contribution in [1.82, 2.24) is 29.4 Å². The van der Waals surface area contributed by atoms with E-state index in [1.54, 1.807) is 4.68 Å². The van der Waals surface area contributed by atoms with Gasteiger partial charge in [0.05, 0.1) is 18.0 Å². The summed E-state index contributed by atoms with van der Waals surface area (Å²) in [5, 5.41) is 19.0. The van der Waals surface area contributed by atoms with Crippen LogP contribution < -0.4 is 10.2 Å². The minimum atomic E-state index is -0.447. The molecule has 1 fully saturated rings. The van der Waals surface area contributed by atoms with E-state index in [0.29, 0.717) is 13.1 Å². The highest BCUT2D eigenvalue weighted by Crippen LogP contribution is 2.19. The predicted octanol–water partition coefficient (Wildman–Crippen LogP) is 1.61. The van der Waals surface area contributed by atoms with Crippen molar-refractivity contribution in [2.75, 3.05) is 44.2 Å². The van der Waals surface area contributed by atoms with Crippen LogP contribution in [-0.2, 0) is 13.0 Å². The molecular formula is C16H26IN9O2S. The van der Waals surface area contributed by atoms with Crippen LogP contribution in [0.4, 0.5) is 10.8 Å². The monoisotopic (exact) mass is 535 g/mol. The highest BCUT2D eigenvalue weighted by Gasteiger charge is 2.22. The number of aryl methyl sites for hydroxylation is 1. The number of guanidine groups is 1. The molecule has 0 aliphatic carbocycles. The van der Waals surface area contributed by atoms with Gasteiger partial charge >= 0.3 is 5.69 Å². The van der Waals surface area contributed by atoms with Gasteiger partial charge in [-0.25, -0.2) is 4.98 Å². The summed E-state index contributed by atoms with van der Waals surface area (Å²) in [6.07, 6.45) is 3.53. The Morgan fingerprint density at radius 2 is 2.10 bits per heavy atom. The van der Waals surface area contributed by atoms with Crippen molar-refractivity contribution in [3.05, 3.63) is 28.3 Å². The Bertz CT molecular complexity index is 817. The van der Waals surface area contributed by atoms with E-state index in [-0.39, 0.29) is 29.7 Å². The van der Waals surface area contributed by atoms with Gasteiger partial charge in [-0.2, -0.15) is 9.47 Å². The molecule has 160 valence electrons. The van der Waals surface area contributed by atoms with E-state index in [4.69, 9.17) is 0 Å². The number of rotatable bonds is 7. The molecule has 13 heteroatoms. The summed E-state index contributed by atoms with van der Waals surface area (Å²) in [7, 11) is 0. The van der Waals surface area contributed by atoms with Crippen LogP contribution in [0.25, 0.3) is 0 Å². The second-order valence-electron chi connectivity index (χ2n) is 6.28. The van der Waals surface area contributed by atoms with E-state index in [1.807, 2.05) is 6.92 Å². The number of hydrogen-bond acceptors (Lipinski definition) is 8. The number of halogens is 1. The summed E-state index contributed by atoms with van der Waals surface area (Å²) >= 11 is 1.46. The first kappa shape index (κ1) is 23.3. The molecule has 0 spiro atoms. The van der Waals surface area contributed by atoms with Crippen LogP contribution in [0.5, 0.6) is 0 Å². The molecule has 0 amide bonds. The third-order valence-electron chi connectivity index (χ3n) is 4.38. The molecule has 0 bridgehead atoms. The molecule has 2 aromatic heterocycles. The number of hydrogen-bond donors (Lipinski definition) is 1. The van der Waals surface area contributed by atoms with Gasteiger partial charge in [0.25, 0.3) is 0 Å². The predicted molar refractivity (Wildman–Crippen MR) is 123 cm³/mol. The fraction of sp³-hybridized carbons (Fsp3) is 0.625. The van der Waals surface area contributed by atoms with Crippen molar-refractivity contribution in [2.45, 2.75) is 26.8 Å². The van der Waals surface area contributed by atoms with Crippen molar-refractivity contribution in [2.24, 2.45) is 4.99 Å². The first-order valence-electron chi connectivity index (χ1n) is 9.38. The second kappa shape index (κ2) is 11.2. The zero-order chi connectivity index (χ0) is 19.9. The molecule has 1 saturated heterocycles. The van der Waals surface area contributed by atoms with Crippen LogP contribution >= 0.6 is 35.5 Å². The van der Waals surface area contributed by atoms with Crippen molar-refractivity contribution < 1.29 is 4.92 Å². The third-order valence-corrected chi connectivity index (χ3v) is 5.19. The molecule has 3 rings (SSSR count). The number of anilines is 1. The summed E-state index contributed by atoms with van der Waals surface area (Å²) in [5.41, 5.74) is -0.00471. The maximum absolute atomic E-state index is 10.7. The van der Waals surface area contributed by atoms with Crippen molar-refractivity contribution in [1.29, 1.82) is 0 Å². The van der Waals surface area contributed by atoms with E-state index in [2.05, 4.69) is 41.5 Å². The highest BCUT2D eigenvalue weighted by molar-refractivity contribution is 14.0. The maximum atomic E-state index is 10.7. The number of nitrogens with one attached hydrogen (secondary N) is 1. The molecule has 11 nitrogen and oxygen atoms in total. The summed E-state index contributed by atoms with van der Waals surface area (Å²) < 4.78 is 5.91. The lowest BCUT2D eigenvalue weighted by atomic mass is 10.3. The molecule has 1 aliphatic rings. The van der Waals surface area contributed by atoms with Gasteiger partial charge in [-0.15, -0.1) is 24.0 Å². The first-order valence-corrected chi connectivity index (χ1v) is 10.2. The van der Waals surface area contributed by atoms with Crippen LogP contribution in [0, 0.1) is 10.1 Å².